The van der Waals surface area contributed by atoms with Gasteiger partial charge in [0.25, 0.3) is 5.91 Å². The zero-order chi connectivity index (χ0) is 17.3. The minimum absolute atomic E-state index is 0.221. The molecule has 24 heavy (non-hydrogen) atoms. The second kappa shape index (κ2) is 6.17. The Kier molecular flexibility index (Phi) is 4.20. The monoisotopic (exact) mass is 348 g/mol. The van der Waals surface area contributed by atoms with E-state index in [1.54, 1.807) is 10.3 Å². The largest absolute Gasteiger partial charge is 0.336 e. The van der Waals surface area contributed by atoms with Crippen molar-refractivity contribution in [2.75, 3.05) is 18.4 Å². The van der Waals surface area contributed by atoms with Gasteiger partial charge in [-0.3, -0.25) is 4.79 Å². The molecule has 1 saturated heterocycles. The summed E-state index contributed by atoms with van der Waals surface area (Å²) < 4.78 is 26.4. The maximum Gasteiger partial charge on any atom is 0.273 e. The van der Waals surface area contributed by atoms with E-state index < -0.39 is 17.0 Å². The third-order valence-corrected chi connectivity index (χ3v) is 4.63. The van der Waals surface area contributed by atoms with Crippen LogP contribution in [0.3, 0.4) is 0 Å². The standard InChI is InChI=1S/C16H14F2N4OS/c1-16(8-19)2-3-22(9-16)14(23)13-7-24-15(21-13)20-12-5-10(17)4-11(18)6-12/h4-7H,2-3,9H2,1H3,(H,20,21). The molecule has 0 aliphatic carbocycles. The van der Waals surface area contributed by atoms with Crippen LogP contribution in [0.5, 0.6) is 0 Å². The molecule has 3 rings (SSSR count). The summed E-state index contributed by atoms with van der Waals surface area (Å²) in [5.74, 6) is -1.64. The molecule has 1 aliphatic rings. The molecule has 2 aromatic rings. The molecule has 1 atom stereocenters. The number of halogens is 2. The van der Waals surface area contributed by atoms with E-state index >= 15 is 0 Å². The van der Waals surface area contributed by atoms with Crippen molar-refractivity contribution in [1.29, 1.82) is 5.26 Å². The van der Waals surface area contributed by atoms with Crippen LogP contribution in [-0.4, -0.2) is 28.9 Å². The molecule has 2 heterocycles. The van der Waals surface area contributed by atoms with Crippen LogP contribution in [0.1, 0.15) is 23.8 Å². The number of likely N-dealkylation sites (tertiary alicyclic amines) is 1. The highest BCUT2D eigenvalue weighted by Gasteiger charge is 2.37. The van der Waals surface area contributed by atoms with Crippen molar-refractivity contribution in [3.05, 3.63) is 40.9 Å². The van der Waals surface area contributed by atoms with Crippen molar-refractivity contribution in [2.24, 2.45) is 5.41 Å². The average Bonchev–Trinajstić information content (AvgIpc) is 3.13. The van der Waals surface area contributed by atoms with Gasteiger partial charge < -0.3 is 10.2 Å². The summed E-state index contributed by atoms with van der Waals surface area (Å²) in [6.07, 6.45) is 0.632. The zero-order valence-corrected chi connectivity index (χ0v) is 13.7. The Hall–Kier alpha value is -2.53. The molecule has 1 aromatic carbocycles. The topological polar surface area (TPSA) is 69.0 Å². The SMILES string of the molecule is CC1(C#N)CCN(C(=O)c2csc(Nc3cc(F)cc(F)c3)n2)C1. The van der Waals surface area contributed by atoms with Crippen LogP contribution >= 0.6 is 11.3 Å². The number of nitrogens with one attached hydrogen (secondary N) is 1. The molecule has 0 bridgehead atoms. The van der Waals surface area contributed by atoms with Crippen LogP contribution in [0, 0.1) is 28.4 Å². The van der Waals surface area contributed by atoms with Crippen LogP contribution in [0.25, 0.3) is 0 Å². The third-order valence-electron chi connectivity index (χ3n) is 3.87. The fraction of sp³-hybridized carbons (Fsp3) is 0.312. The van der Waals surface area contributed by atoms with Crippen LogP contribution in [0.4, 0.5) is 19.6 Å². The molecule has 8 heteroatoms. The number of amides is 1. The first-order chi connectivity index (χ1) is 11.4. The summed E-state index contributed by atoms with van der Waals surface area (Å²) in [6.45, 7) is 2.71. The molecule has 0 spiro atoms. The number of hydrogen-bond donors (Lipinski definition) is 1. The Balaban J connectivity index is 1.72. The van der Waals surface area contributed by atoms with Crippen molar-refractivity contribution in [3.8, 4) is 6.07 Å². The van der Waals surface area contributed by atoms with Gasteiger partial charge in [-0.2, -0.15) is 5.26 Å². The van der Waals surface area contributed by atoms with Gasteiger partial charge >= 0.3 is 0 Å². The number of nitrogens with zero attached hydrogens (tertiary/aromatic N) is 3. The first-order valence-corrected chi connectivity index (χ1v) is 8.16. The molecule has 0 saturated carbocycles. The first-order valence-electron chi connectivity index (χ1n) is 7.28. The Morgan fingerprint density at radius 3 is 2.75 bits per heavy atom. The highest BCUT2D eigenvalue weighted by molar-refractivity contribution is 7.14. The fourth-order valence-corrected chi connectivity index (χ4v) is 3.27. The van der Waals surface area contributed by atoms with E-state index in [4.69, 9.17) is 5.26 Å². The number of carbonyl (C=O) groups excluding carboxylic acids is 1. The minimum atomic E-state index is -0.696. The van der Waals surface area contributed by atoms with Crippen LogP contribution in [-0.2, 0) is 0 Å². The van der Waals surface area contributed by atoms with E-state index in [9.17, 15) is 13.6 Å². The Bertz CT molecular complexity index is 811. The van der Waals surface area contributed by atoms with Gasteiger partial charge in [-0.1, -0.05) is 0 Å². The maximum absolute atomic E-state index is 13.2. The lowest BCUT2D eigenvalue weighted by atomic mass is 9.92. The van der Waals surface area contributed by atoms with Crippen molar-refractivity contribution >= 4 is 28.1 Å². The Morgan fingerprint density at radius 1 is 1.42 bits per heavy atom. The minimum Gasteiger partial charge on any atom is -0.336 e. The molecule has 1 aromatic heterocycles. The summed E-state index contributed by atoms with van der Waals surface area (Å²) in [5, 5.41) is 13.9. The molecule has 1 fully saturated rings. The normalized spacial score (nSPS) is 20.0. The Labute approximate surface area is 141 Å². The molecule has 1 unspecified atom stereocenters. The maximum atomic E-state index is 13.2. The molecule has 1 aliphatic heterocycles. The summed E-state index contributed by atoms with van der Waals surface area (Å²) >= 11 is 1.17. The summed E-state index contributed by atoms with van der Waals surface area (Å²) in [6, 6.07) is 5.30. The van der Waals surface area contributed by atoms with E-state index in [1.165, 1.54) is 11.3 Å². The lowest BCUT2D eigenvalue weighted by Crippen LogP contribution is -2.30. The number of anilines is 2. The van der Waals surface area contributed by atoms with Crippen molar-refractivity contribution in [3.63, 3.8) is 0 Å². The molecule has 1 amide bonds. The first kappa shape index (κ1) is 16.3. The highest BCUT2D eigenvalue weighted by atomic mass is 32.1. The van der Waals surface area contributed by atoms with E-state index in [2.05, 4.69) is 16.4 Å². The number of carbonyl (C=O) groups is 1. The van der Waals surface area contributed by atoms with E-state index in [-0.39, 0.29) is 17.3 Å². The van der Waals surface area contributed by atoms with Crippen molar-refractivity contribution in [1.82, 2.24) is 9.88 Å². The number of benzene rings is 1. The average molecular weight is 348 g/mol. The van der Waals surface area contributed by atoms with Gasteiger partial charge in [-0.25, -0.2) is 13.8 Å². The molecular formula is C16H14F2N4OS. The van der Waals surface area contributed by atoms with Crippen molar-refractivity contribution in [2.45, 2.75) is 13.3 Å². The molecule has 5 nitrogen and oxygen atoms in total. The number of aromatic nitrogens is 1. The van der Waals surface area contributed by atoms with E-state index in [0.717, 1.165) is 18.2 Å². The molecule has 1 N–H and O–H groups in total. The van der Waals surface area contributed by atoms with Gasteiger partial charge in [0, 0.05) is 30.2 Å². The number of thiazole rings is 1. The van der Waals surface area contributed by atoms with Crippen LogP contribution in [0.2, 0.25) is 0 Å². The zero-order valence-electron chi connectivity index (χ0n) is 12.8. The van der Waals surface area contributed by atoms with Gasteiger partial charge in [0.05, 0.1) is 11.5 Å². The third kappa shape index (κ3) is 3.36. The van der Waals surface area contributed by atoms with E-state index in [0.29, 0.717) is 24.6 Å². The smallest absolute Gasteiger partial charge is 0.273 e. The summed E-state index contributed by atoms with van der Waals surface area (Å²) in [4.78, 5) is 18.2. The van der Waals surface area contributed by atoms with Gasteiger partial charge in [0.1, 0.15) is 17.3 Å². The lowest BCUT2D eigenvalue weighted by molar-refractivity contribution is 0.0778. The predicted molar refractivity (Wildman–Crippen MR) is 86.0 cm³/mol. The molecule has 0 radical (unpaired) electrons. The Morgan fingerprint density at radius 2 is 2.12 bits per heavy atom. The molecular weight excluding hydrogens is 334 g/mol. The highest BCUT2D eigenvalue weighted by Crippen LogP contribution is 2.30. The number of rotatable bonds is 3. The summed E-state index contributed by atoms with van der Waals surface area (Å²) in [5.41, 5.74) is -0.0492. The lowest BCUT2D eigenvalue weighted by Gasteiger charge is -2.16. The van der Waals surface area contributed by atoms with Gasteiger partial charge in [-0.15, -0.1) is 11.3 Å². The van der Waals surface area contributed by atoms with Gasteiger partial charge in [-0.05, 0) is 25.5 Å². The van der Waals surface area contributed by atoms with Crippen molar-refractivity contribution < 1.29 is 13.6 Å². The van der Waals surface area contributed by atoms with Crippen LogP contribution in [0.15, 0.2) is 23.6 Å². The predicted octanol–water partition coefficient (Wildman–Crippen LogP) is 3.54. The van der Waals surface area contributed by atoms with Crippen LogP contribution < -0.4 is 5.32 Å². The van der Waals surface area contributed by atoms with Gasteiger partial charge in [0.15, 0.2) is 5.13 Å². The number of hydrogen-bond acceptors (Lipinski definition) is 5. The quantitative estimate of drug-likeness (QED) is 0.921. The summed E-state index contributed by atoms with van der Waals surface area (Å²) in [7, 11) is 0. The number of nitriles is 1. The second-order valence-corrected chi connectivity index (χ2v) is 6.83. The fourth-order valence-electron chi connectivity index (χ4n) is 2.57. The van der Waals surface area contributed by atoms with E-state index in [1.807, 2.05) is 6.92 Å². The molecule has 124 valence electrons. The van der Waals surface area contributed by atoms with Gasteiger partial charge in [0.2, 0.25) is 0 Å². The second-order valence-electron chi connectivity index (χ2n) is 5.97.